The maximum atomic E-state index is 13.4. The fourth-order valence-corrected chi connectivity index (χ4v) is 4.08. The van der Waals surface area contributed by atoms with E-state index in [9.17, 15) is 9.36 Å². The van der Waals surface area contributed by atoms with E-state index in [0.29, 0.717) is 22.6 Å². The number of hydrogen-bond donors (Lipinski definition) is 0. The van der Waals surface area contributed by atoms with E-state index in [0.717, 1.165) is 0 Å². The van der Waals surface area contributed by atoms with E-state index in [4.69, 9.17) is 13.6 Å². The van der Waals surface area contributed by atoms with E-state index < -0.39 is 7.82 Å². The number of phosphoric acid groups is 1. The Kier molecular flexibility index (Phi) is 6.16. The molecule has 6 heteroatoms. The number of para-hydroxylation sites is 2. The molecule has 0 atom stereocenters. The van der Waals surface area contributed by atoms with Gasteiger partial charge in [0.1, 0.15) is 17.2 Å². The van der Waals surface area contributed by atoms with Crippen LogP contribution in [0.25, 0.3) is 0 Å². The Balaban J connectivity index is 1.56. The fourth-order valence-electron chi connectivity index (χ4n) is 2.83. The summed E-state index contributed by atoms with van der Waals surface area (Å²) in [6, 6.07) is 32.6. The summed E-state index contributed by atoms with van der Waals surface area (Å²) in [6.07, 6.45) is 0. The van der Waals surface area contributed by atoms with Crippen LogP contribution in [-0.2, 0) is 4.57 Å². The predicted octanol–water partition coefficient (Wildman–Crippen LogP) is 6.56. The average Bonchev–Trinajstić information content (AvgIpc) is 2.81. The van der Waals surface area contributed by atoms with Gasteiger partial charge in [0.05, 0.1) is 0 Å². The molecule has 0 amide bonds. The molecule has 154 valence electrons. The number of benzene rings is 4. The molecule has 0 unspecified atom stereocenters. The Hall–Kier alpha value is -3.82. The summed E-state index contributed by atoms with van der Waals surface area (Å²) >= 11 is 0. The van der Waals surface area contributed by atoms with Crippen LogP contribution >= 0.6 is 7.82 Å². The third-order valence-corrected chi connectivity index (χ3v) is 5.59. The lowest BCUT2D eigenvalue weighted by molar-refractivity contribution is 0.103. The molecule has 0 saturated carbocycles. The molecular weight excluding hydrogens is 411 g/mol. The number of phosphoric ester groups is 1. The van der Waals surface area contributed by atoms with Crippen LogP contribution in [0.4, 0.5) is 0 Å². The van der Waals surface area contributed by atoms with Crippen molar-refractivity contribution in [2.45, 2.75) is 0 Å². The van der Waals surface area contributed by atoms with Crippen molar-refractivity contribution in [3.63, 3.8) is 0 Å². The van der Waals surface area contributed by atoms with Gasteiger partial charge in [0.15, 0.2) is 5.78 Å². The van der Waals surface area contributed by atoms with E-state index in [1.165, 1.54) is 0 Å². The molecule has 0 aliphatic rings. The molecule has 0 radical (unpaired) electrons. The number of ketones is 1. The number of rotatable bonds is 8. The molecule has 0 N–H and O–H groups in total. The number of carbonyl (C=O) groups excluding carboxylic acids is 1. The van der Waals surface area contributed by atoms with Crippen molar-refractivity contribution in [2.75, 3.05) is 0 Å². The van der Waals surface area contributed by atoms with Crippen LogP contribution in [0.15, 0.2) is 115 Å². The third-order valence-electron chi connectivity index (χ3n) is 4.29. The van der Waals surface area contributed by atoms with Crippen molar-refractivity contribution in [1.29, 1.82) is 0 Å². The van der Waals surface area contributed by atoms with Gasteiger partial charge in [-0.1, -0.05) is 66.7 Å². The van der Waals surface area contributed by atoms with Crippen molar-refractivity contribution >= 4 is 13.6 Å². The topological polar surface area (TPSA) is 61.8 Å². The van der Waals surface area contributed by atoms with E-state index in [2.05, 4.69) is 0 Å². The smallest absolute Gasteiger partial charge is 0.386 e. The Morgan fingerprint density at radius 2 is 0.839 bits per heavy atom. The largest absolute Gasteiger partial charge is 0.647 e. The second kappa shape index (κ2) is 9.33. The van der Waals surface area contributed by atoms with Crippen LogP contribution in [0, 0.1) is 0 Å². The minimum atomic E-state index is -4.07. The molecule has 4 rings (SSSR count). The van der Waals surface area contributed by atoms with Gasteiger partial charge in [0.25, 0.3) is 0 Å². The number of carbonyl (C=O) groups is 1. The van der Waals surface area contributed by atoms with Crippen LogP contribution in [0.2, 0.25) is 0 Å². The van der Waals surface area contributed by atoms with Crippen LogP contribution in [0.5, 0.6) is 17.2 Å². The van der Waals surface area contributed by atoms with Crippen LogP contribution in [-0.4, -0.2) is 5.78 Å². The highest BCUT2D eigenvalue weighted by molar-refractivity contribution is 7.49. The van der Waals surface area contributed by atoms with Crippen LogP contribution in [0.3, 0.4) is 0 Å². The summed E-state index contributed by atoms with van der Waals surface area (Å²) in [7, 11) is -4.07. The summed E-state index contributed by atoms with van der Waals surface area (Å²) in [4.78, 5) is 12.6. The Morgan fingerprint density at radius 3 is 1.29 bits per heavy atom. The Morgan fingerprint density at radius 1 is 0.484 bits per heavy atom. The quantitative estimate of drug-likeness (QED) is 0.234. The van der Waals surface area contributed by atoms with E-state index in [1.807, 2.05) is 30.3 Å². The number of hydrogen-bond acceptors (Lipinski definition) is 5. The SMILES string of the molecule is O=C(c1ccccc1)c1ccc(OP(=O)(Oc2ccccc2)Oc2ccccc2)cc1. The van der Waals surface area contributed by atoms with E-state index in [-0.39, 0.29) is 11.5 Å². The molecule has 0 fully saturated rings. The summed E-state index contributed by atoms with van der Waals surface area (Å²) in [5, 5.41) is 0. The molecule has 4 aromatic rings. The minimum Gasteiger partial charge on any atom is -0.386 e. The molecule has 0 aliphatic heterocycles. The van der Waals surface area contributed by atoms with Gasteiger partial charge < -0.3 is 13.6 Å². The molecule has 0 heterocycles. The van der Waals surface area contributed by atoms with Crippen LogP contribution in [0.1, 0.15) is 15.9 Å². The zero-order chi connectivity index (χ0) is 21.5. The van der Waals surface area contributed by atoms with Crippen molar-refractivity contribution < 1.29 is 22.9 Å². The lowest BCUT2D eigenvalue weighted by Gasteiger charge is -2.19. The highest BCUT2D eigenvalue weighted by Crippen LogP contribution is 2.49. The summed E-state index contributed by atoms with van der Waals surface area (Å²) < 4.78 is 30.3. The maximum absolute atomic E-state index is 13.4. The first kappa shape index (κ1) is 20.5. The van der Waals surface area contributed by atoms with Crippen molar-refractivity contribution in [3.05, 3.63) is 126 Å². The zero-order valence-electron chi connectivity index (χ0n) is 16.5. The Bertz CT molecular complexity index is 1130. The van der Waals surface area contributed by atoms with Gasteiger partial charge in [-0.15, -0.1) is 0 Å². The molecule has 0 bridgehead atoms. The van der Waals surface area contributed by atoms with Gasteiger partial charge in [-0.3, -0.25) is 4.79 Å². The second-order valence-corrected chi connectivity index (χ2v) is 8.01. The Labute approximate surface area is 180 Å². The standard InChI is InChI=1S/C25H19O5P/c26-25(20-10-4-1-5-11-20)21-16-18-24(19-17-21)30-31(27,28-22-12-6-2-7-13-22)29-23-14-8-3-9-15-23/h1-19H. The lowest BCUT2D eigenvalue weighted by atomic mass is 10.0. The minimum absolute atomic E-state index is 0.114. The van der Waals surface area contributed by atoms with E-state index >= 15 is 0 Å². The lowest BCUT2D eigenvalue weighted by Crippen LogP contribution is -2.08. The molecular formula is C25H19O5P. The fraction of sp³-hybridized carbons (Fsp3) is 0. The summed E-state index contributed by atoms with van der Waals surface area (Å²) in [5.74, 6) is 0.825. The molecule has 0 spiro atoms. The molecule has 31 heavy (non-hydrogen) atoms. The third kappa shape index (κ3) is 5.41. The van der Waals surface area contributed by atoms with Gasteiger partial charge >= 0.3 is 7.82 Å². The first-order valence-corrected chi connectivity index (χ1v) is 11.1. The van der Waals surface area contributed by atoms with Gasteiger partial charge in [-0.05, 0) is 48.5 Å². The van der Waals surface area contributed by atoms with Gasteiger partial charge in [0, 0.05) is 11.1 Å². The summed E-state index contributed by atoms with van der Waals surface area (Å²) in [5.41, 5.74) is 1.07. The molecule has 0 aliphatic carbocycles. The second-order valence-electron chi connectivity index (χ2n) is 6.57. The van der Waals surface area contributed by atoms with Gasteiger partial charge in [-0.2, -0.15) is 4.57 Å². The molecule has 0 saturated heterocycles. The molecule has 4 aromatic carbocycles. The van der Waals surface area contributed by atoms with Crippen molar-refractivity contribution in [1.82, 2.24) is 0 Å². The normalized spacial score (nSPS) is 10.8. The maximum Gasteiger partial charge on any atom is 0.647 e. The molecule has 0 aromatic heterocycles. The van der Waals surface area contributed by atoms with Gasteiger partial charge in [0.2, 0.25) is 0 Å². The zero-order valence-corrected chi connectivity index (χ0v) is 17.4. The first-order valence-electron chi connectivity index (χ1n) is 9.60. The van der Waals surface area contributed by atoms with Gasteiger partial charge in [-0.25, -0.2) is 0 Å². The summed E-state index contributed by atoms with van der Waals surface area (Å²) in [6.45, 7) is 0. The van der Waals surface area contributed by atoms with Crippen molar-refractivity contribution in [2.24, 2.45) is 0 Å². The highest BCUT2D eigenvalue weighted by Gasteiger charge is 2.33. The van der Waals surface area contributed by atoms with Crippen LogP contribution < -0.4 is 13.6 Å². The van der Waals surface area contributed by atoms with E-state index in [1.54, 1.807) is 84.9 Å². The monoisotopic (exact) mass is 430 g/mol. The predicted molar refractivity (Wildman–Crippen MR) is 119 cm³/mol. The molecule has 5 nitrogen and oxygen atoms in total. The first-order chi connectivity index (χ1) is 15.1. The van der Waals surface area contributed by atoms with Crippen molar-refractivity contribution in [3.8, 4) is 17.2 Å². The average molecular weight is 430 g/mol. The highest BCUT2D eigenvalue weighted by atomic mass is 31.2.